The van der Waals surface area contributed by atoms with E-state index in [1.165, 1.54) is 31.2 Å². The number of aromatic nitrogens is 1. The summed E-state index contributed by atoms with van der Waals surface area (Å²) in [6.07, 6.45) is 6.30. The third-order valence-corrected chi connectivity index (χ3v) is 2.87. The highest BCUT2D eigenvalue weighted by atomic mass is 16.5. The van der Waals surface area contributed by atoms with Crippen LogP contribution in [0.25, 0.3) is 0 Å². The lowest BCUT2D eigenvalue weighted by atomic mass is 10.2. The zero-order chi connectivity index (χ0) is 13.2. The molecule has 0 atom stereocenters. The van der Waals surface area contributed by atoms with Crippen molar-refractivity contribution in [2.45, 2.75) is 52.5 Å². The number of hydrogen-bond acceptors (Lipinski definition) is 3. The van der Waals surface area contributed by atoms with E-state index in [9.17, 15) is 0 Å². The van der Waals surface area contributed by atoms with Crippen molar-refractivity contribution in [1.82, 2.24) is 10.3 Å². The molecule has 0 radical (unpaired) electrons. The fourth-order valence-electron chi connectivity index (χ4n) is 1.97. The highest BCUT2D eigenvalue weighted by Gasteiger charge is 2.01. The van der Waals surface area contributed by atoms with Crippen LogP contribution in [-0.2, 0) is 6.54 Å². The molecule has 1 rings (SSSR count). The second-order valence-electron chi connectivity index (χ2n) is 4.75. The Hall–Kier alpha value is -1.09. The second kappa shape index (κ2) is 8.92. The Morgan fingerprint density at radius 1 is 1.17 bits per heavy atom. The zero-order valence-electron chi connectivity index (χ0n) is 12.0. The molecule has 0 aliphatic rings. The molecule has 3 nitrogen and oxygen atoms in total. The maximum absolute atomic E-state index is 5.72. The van der Waals surface area contributed by atoms with Crippen LogP contribution >= 0.6 is 0 Å². The first-order valence-corrected chi connectivity index (χ1v) is 7.01. The summed E-state index contributed by atoms with van der Waals surface area (Å²) in [5, 5.41) is 3.15. The Morgan fingerprint density at radius 2 is 1.94 bits per heavy atom. The summed E-state index contributed by atoms with van der Waals surface area (Å²) in [5.41, 5.74) is 2.25. The molecule has 0 aliphatic heterocycles. The van der Waals surface area contributed by atoms with E-state index in [0.717, 1.165) is 31.1 Å². The van der Waals surface area contributed by atoms with Gasteiger partial charge in [0.05, 0.1) is 6.61 Å². The first-order valence-electron chi connectivity index (χ1n) is 7.01. The van der Waals surface area contributed by atoms with E-state index in [4.69, 9.17) is 4.74 Å². The second-order valence-corrected chi connectivity index (χ2v) is 4.75. The predicted octanol–water partition coefficient (Wildman–Crippen LogP) is 3.46. The van der Waals surface area contributed by atoms with Crippen molar-refractivity contribution in [1.29, 1.82) is 0 Å². The fraction of sp³-hybridized carbons (Fsp3) is 0.667. The first-order chi connectivity index (χ1) is 8.76. The average Bonchev–Trinajstić information content (AvgIpc) is 2.33. The summed E-state index contributed by atoms with van der Waals surface area (Å²) in [4.78, 5) is 4.40. The van der Waals surface area contributed by atoms with Crippen molar-refractivity contribution in [3.05, 3.63) is 23.4 Å². The van der Waals surface area contributed by atoms with Gasteiger partial charge in [0.1, 0.15) is 0 Å². The van der Waals surface area contributed by atoms with E-state index in [-0.39, 0.29) is 0 Å². The fourth-order valence-corrected chi connectivity index (χ4v) is 1.97. The quantitative estimate of drug-likeness (QED) is 0.682. The molecule has 0 spiro atoms. The zero-order valence-corrected chi connectivity index (χ0v) is 12.0. The molecule has 1 N–H and O–H groups in total. The van der Waals surface area contributed by atoms with Crippen molar-refractivity contribution in [2.75, 3.05) is 13.7 Å². The highest BCUT2D eigenvalue weighted by molar-refractivity contribution is 5.24. The lowest BCUT2D eigenvalue weighted by molar-refractivity contribution is 0.292. The molecule has 1 aromatic heterocycles. The number of pyridine rings is 1. The molecule has 0 unspecified atom stereocenters. The molecule has 1 aromatic rings. The van der Waals surface area contributed by atoms with Crippen LogP contribution in [0.1, 0.15) is 50.3 Å². The molecule has 1 heterocycles. The van der Waals surface area contributed by atoms with Crippen LogP contribution in [0.5, 0.6) is 5.88 Å². The summed E-state index contributed by atoms with van der Waals surface area (Å²) in [6, 6.07) is 4.11. The lowest BCUT2D eigenvalue weighted by Crippen LogP contribution is -2.07. The first kappa shape index (κ1) is 15.0. The van der Waals surface area contributed by atoms with Crippen LogP contribution in [0, 0.1) is 6.92 Å². The van der Waals surface area contributed by atoms with Crippen LogP contribution in [0.3, 0.4) is 0 Å². The van der Waals surface area contributed by atoms with Crippen molar-refractivity contribution >= 4 is 0 Å². The molecule has 0 bridgehead atoms. The summed E-state index contributed by atoms with van der Waals surface area (Å²) >= 11 is 0. The molecule has 18 heavy (non-hydrogen) atoms. The third-order valence-electron chi connectivity index (χ3n) is 2.87. The van der Waals surface area contributed by atoms with Crippen LogP contribution in [0.15, 0.2) is 12.1 Å². The molecule has 102 valence electrons. The Kier molecular flexibility index (Phi) is 7.42. The largest absolute Gasteiger partial charge is 0.478 e. The number of nitrogens with zero attached hydrogens (tertiary/aromatic N) is 1. The Morgan fingerprint density at radius 3 is 2.67 bits per heavy atom. The lowest BCUT2D eigenvalue weighted by Gasteiger charge is -2.08. The molecule has 0 saturated heterocycles. The summed E-state index contributed by atoms with van der Waals surface area (Å²) in [5.74, 6) is 0.760. The molecule has 0 aliphatic carbocycles. The SMILES string of the molecule is CCCCCCCOc1cc(CNC)cc(C)n1. The minimum Gasteiger partial charge on any atom is -0.478 e. The number of aryl methyl sites for hydroxylation is 1. The minimum absolute atomic E-state index is 0.760. The van der Waals surface area contributed by atoms with Gasteiger partial charge in [-0.15, -0.1) is 0 Å². The van der Waals surface area contributed by atoms with Crippen molar-refractivity contribution in [3.8, 4) is 5.88 Å². The average molecular weight is 250 g/mol. The van der Waals surface area contributed by atoms with E-state index < -0.39 is 0 Å². The summed E-state index contributed by atoms with van der Waals surface area (Å²) < 4.78 is 5.72. The van der Waals surface area contributed by atoms with E-state index >= 15 is 0 Å². The molecule has 0 amide bonds. The normalized spacial score (nSPS) is 10.6. The Labute approximate surface area is 111 Å². The number of rotatable bonds is 9. The molecule has 3 heteroatoms. The van der Waals surface area contributed by atoms with Crippen LogP contribution in [0.2, 0.25) is 0 Å². The molecular formula is C15H26N2O. The highest BCUT2D eigenvalue weighted by Crippen LogP contribution is 2.13. The molecule has 0 fully saturated rings. The standard InChI is InChI=1S/C15H26N2O/c1-4-5-6-7-8-9-18-15-11-14(12-16-3)10-13(2)17-15/h10-11,16H,4-9,12H2,1-3H3. The van der Waals surface area contributed by atoms with Gasteiger partial charge in [0.15, 0.2) is 0 Å². The molecule has 0 saturated carbocycles. The van der Waals surface area contributed by atoms with E-state index in [1.807, 2.05) is 20.0 Å². The number of ether oxygens (including phenoxy) is 1. The van der Waals surface area contributed by atoms with E-state index in [2.05, 4.69) is 23.3 Å². The minimum atomic E-state index is 0.760. The monoisotopic (exact) mass is 250 g/mol. The molecular weight excluding hydrogens is 224 g/mol. The van der Waals surface area contributed by atoms with Crippen molar-refractivity contribution in [3.63, 3.8) is 0 Å². The number of nitrogens with one attached hydrogen (secondary N) is 1. The van der Waals surface area contributed by atoms with Crippen LogP contribution in [-0.4, -0.2) is 18.6 Å². The predicted molar refractivity (Wildman–Crippen MR) is 76.0 cm³/mol. The van der Waals surface area contributed by atoms with Gasteiger partial charge in [0.25, 0.3) is 0 Å². The van der Waals surface area contributed by atoms with Crippen LogP contribution < -0.4 is 10.1 Å². The Balaban J connectivity index is 2.32. The van der Waals surface area contributed by atoms with Crippen molar-refractivity contribution in [2.24, 2.45) is 0 Å². The molecule has 0 aromatic carbocycles. The van der Waals surface area contributed by atoms with Gasteiger partial charge in [0, 0.05) is 18.3 Å². The maximum Gasteiger partial charge on any atom is 0.213 e. The number of unbranched alkanes of at least 4 members (excludes halogenated alkanes) is 4. The van der Waals surface area contributed by atoms with Gasteiger partial charge in [-0.05, 0) is 32.0 Å². The van der Waals surface area contributed by atoms with E-state index in [0.29, 0.717) is 0 Å². The topological polar surface area (TPSA) is 34.1 Å². The van der Waals surface area contributed by atoms with Crippen molar-refractivity contribution < 1.29 is 4.74 Å². The summed E-state index contributed by atoms with van der Waals surface area (Å²) in [6.45, 7) is 5.87. The van der Waals surface area contributed by atoms with Gasteiger partial charge >= 0.3 is 0 Å². The van der Waals surface area contributed by atoms with Crippen LogP contribution in [0.4, 0.5) is 0 Å². The van der Waals surface area contributed by atoms with Gasteiger partial charge < -0.3 is 10.1 Å². The van der Waals surface area contributed by atoms with Gasteiger partial charge in [-0.25, -0.2) is 4.98 Å². The van der Waals surface area contributed by atoms with E-state index in [1.54, 1.807) is 0 Å². The third kappa shape index (κ3) is 6.01. The Bertz CT molecular complexity index is 339. The van der Waals surface area contributed by atoms with Gasteiger partial charge in [0.2, 0.25) is 5.88 Å². The van der Waals surface area contributed by atoms with Gasteiger partial charge in [-0.2, -0.15) is 0 Å². The smallest absolute Gasteiger partial charge is 0.213 e. The van der Waals surface area contributed by atoms with Gasteiger partial charge in [-0.3, -0.25) is 0 Å². The van der Waals surface area contributed by atoms with Gasteiger partial charge in [-0.1, -0.05) is 32.6 Å². The summed E-state index contributed by atoms with van der Waals surface area (Å²) in [7, 11) is 1.95. The number of hydrogen-bond donors (Lipinski definition) is 1. The maximum atomic E-state index is 5.72.